The lowest BCUT2D eigenvalue weighted by atomic mass is 9.80. The molecule has 1 aromatic heterocycles. The van der Waals surface area contributed by atoms with Crippen LogP contribution in [-0.2, 0) is 4.74 Å². The van der Waals surface area contributed by atoms with Crippen molar-refractivity contribution in [2.45, 2.75) is 0 Å². The van der Waals surface area contributed by atoms with Gasteiger partial charge in [0.25, 0.3) is 0 Å². The van der Waals surface area contributed by atoms with Gasteiger partial charge in [0.15, 0.2) is 5.95 Å². The van der Waals surface area contributed by atoms with Crippen molar-refractivity contribution in [2.24, 2.45) is 0 Å². The average molecular weight is 222 g/mol. The molecule has 0 radical (unpaired) electrons. The van der Waals surface area contributed by atoms with Gasteiger partial charge in [-0.1, -0.05) is 11.5 Å². The molecule has 0 N–H and O–H groups in total. The van der Waals surface area contributed by atoms with Crippen LogP contribution in [0.1, 0.15) is 10.4 Å². The van der Waals surface area contributed by atoms with E-state index in [-0.39, 0.29) is 0 Å². The van der Waals surface area contributed by atoms with Gasteiger partial charge in [-0.05, 0) is 0 Å². The third-order valence-electron chi connectivity index (χ3n) is 1.64. The molecule has 1 rings (SSSR count). The Bertz CT molecular complexity index is 393. The van der Waals surface area contributed by atoms with Gasteiger partial charge in [0, 0.05) is 6.20 Å². The quantitative estimate of drug-likeness (QED) is 0.325. The molecule has 0 fully saturated rings. The summed E-state index contributed by atoms with van der Waals surface area (Å²) < 4.78 is 53.5. The fourth-order valence-corrected chi connectivity index (χ4v) is 0.924. The fraction of sp³-hybridized carbons (Fsp3) is 0.143. The largest absolute Gasteiger partial charge is 0.514 e. The lowest BCUT2D eigenvalue weighted by Gasteiger charge is -2.15. The highest BCUT2D eigenvalue weighted by molar-refractivity contribution is 6.73. The number of hydrogen-bond acceptors (Lipinski definition) is 3. The Morgan fingerprint density at radius 1 is 1.47 bits per heavy atom. The zero-order chi connectivity index (χ0) is 11.6. The van der Waals surface area contributed by atoms with Crippen LogP contribution in [0.4, 0.5) is 17.3 Å². The molecule has 0 spiro atoms. The zero-order valence-corrected chi connectivity index (χ0v) is 7.51. The molecule has 0 unspecified atom stereocenters. The molecule has 0 saturated carbocycles. The molecule has 0 aliphatic rings. The van der Waals surface area contributed by atoms with Crippen LogP contribution < -0.4 is 5.46 Å². The summed E-state index contributed by atoms with van der Waals surface area (Å²) in [4.78, 5) is 13.7. The number of carbonyl (C=O) groups is 1. The van der Waals surface area contributed by atoms with Crippen molar-refractivity contribution in [1.29, 1.82) is 0 Å². The first-order valence-corrected chi connectivity index (χ1v) is 3.80. The minimum Gasteiger partial charge on any atom is -0.465 e. The summed E-state index contributed by atoms with van der Waals surface area (Å²) in [7, 11) is 1.00. The van der Waals surface area contributed by atoms with E-state index in [0.29, 0.717) is 12.3 Å². The van der Waals surface area contributed by atoms with Crippen molar-refractivity contribution >= 4 is 18.4 Å². The molecule has 8 heteroatoms. The Kier molecular flexibility index (Phi) is 2.97. The number of methoxy groups -OCH3 is 1. The first-order chi connectivity index (χ1) is 6.86. The standard InChI is InChI=1S/C7H5BF4NO2/c1-15-7(14)4-2-5(8(10,11)12)6(9)13-3-4/h2-3H,1H3/q-1. The molecule has 0 amide bonds. The van der Waals surface area contributed by atoms with Crippen LogP contribution in [-0.4, -0.2) is 25.0 Å². The topological polar surface area (TPSA) is 39.2 Å². The van der Waals surface area contributed by atoms with Crippen LogP contribution in [0.5, 0.6) is 0 Å². The fourth-order valence-electron chi connectivity index (χ4n) is 0.924. The van der Waals surface area contributed by atoms with E-state index in [4.69, 9.17) is 0 Å². The Labute approximate surface area is 82.1 Å². The highest BCUT2D eigenvalue weighted by Crippen LogP contribution is 2.11. The zero-order valence-electron chi connectivity index (χ0n) is 7.51. The number of aromatic nitrogens is 1. The molecule has 1 heterocycles. The second-order valence-electron chi connectivity index (χ2n) is 2.67. The van der Waals surface area contributed by atoms with Crippen LogP contribution in [0.25, 0.3) is 0 Å². The lowest BCUT2D eigenvalue weighted by Crippen LogP contribution is -2.38. The second-order valence-corrected chi connectivity index (χ2v) is 2.67. The summed E-state index contributed by atoms with van der Waals surface area (Å²) in [5, 5.41) is 0. The first-order valence-electron chi connectivity index (χ1n) is 3.80. The predicted molar refractivity (Wildman–Crippen MR) is 44.2 cm³/mol. The summed E-state index contributed by atoms with van der Waals surface area (Å²) in [5.74, 6) is -2.64. The van der Waals surface area contributed by atoms with E-state index in [1.165, 1.54) is 0 Å². The van der Waals surface area contributed by atoms with E-state index in [0.717, 1.165) is 7.11 Å². The van der Waals surface area contributed by atoms with Gasteiger partial charge in [0.1, 0.15) is 0 Å². The summed E-state index contributed by atoms with van der Waals surface area (Å²) in [6.45, 7) is -5.53. The SMILES string of the molecule is COC(=O)c1cnc(F)c([B-](F)(F)F)c1. The van der Waals surface area contributed by atoms with Gasteiger partial charge in [-0.15, -0.1) is 0 Å². The van der Waals surface area contributed by atoms with E-state index in [2.05, 4.69) is 9.72 Å². The Hall–Kier alpha value is -1.60. The van der Waals surface area contributed by atoms with Gasteiger partial charge in [0.2, 0.25) is 0 Å². The molecule has 3 nitrogen and oxygen atoms in total. The predicted octanol–water partition coefficient (Wildman–Crippen LogP) is 1.06. The Morgan fingerprint density at radius 3 is 2.53 bits per heavy atom. The van der Waals surface area contributed by atoms with Gasteiger partial charge in [-0.2, -0.15) is 4.39 Å². The van der Waals surface area contributed by atoms with Crippen molar-refractivity contribution < 1.29 is 26.9 Å². The Morgan fingerprint density at radius 2 is 2.07 bits per heavy atom. The smallest absolute Gasteiger partial charge is 0.465 e. The molecule has 0 aromatic carbocycles. The molecule has 0 saturated heterocycles. The summed E-state index contributed by atoms with van der Waals surface area (Å²) >= 11 is 0. The maximum absolute atomic E-state index is 12.7. The van der Waals surface area contributed by atoms with Crippen LogP contribution in [0.2, 0.25) is 0 Å². The van der Waals surface area contributed by atoms with Crippen LogP contribution >= 0.6 is 0 Å². The molecule has 0 bridgehead atoms. The lowest BCUT2D eigenvalue weighted by molar-refractivity contribution is 0.0600. The van der Waals surface area contributed by atoms with Crippen molar-refractivity contribution in [3.8, 4) is 0 Å². The van der Waals surface area contributed by atoms with Crippen LogP contribution in [0.3, 0.4) is 0 Å². The summed E-state index contributed by atoms with van der Waals surface area (Å²) in [6, 6.07) is 0.383. The van der Waals surface area contributed by atoms with Gasteiger partial charge in [-0.3, -0.25) is 0 Å². The molecular formula is C7H5BF4NO2-. The third-order valence-corrected chi connectivity index (χ3v) is 1.64. The van der Waals surface area contributed by atoms with Gasteiger partial charge in [-0.25, -0.2) is 9.78 Å². The maximum Gasteiger partial charge on any atom is 0.514 e. The van der Waals surface area contributed by atoms with Gasteiger partial charge >= 0.3 is 12.9 Å². The highest BCUT2D eigenvalue weighted by atomic mass is 19.4. The third kappa shape index (κ3) is 2.45. The molecule has 0 aliphatic carbocycles. The molecule has 82 valence electrons. The van der Waals surface area contributed by atoms with Crippen molar-refractivity contribution in [3.05, 3.63) is 23.8 Å². The number of ether oxygens (including phenoxy) is 1. The van der Waals surface area contributed by atoms with Crippen molar-refractivity contribution in [3.63, 3.8) is 0 Å². The molecule has 0 atom stereocenters. The number of esters is 1. The number of carbonyl (C=O) groups excluding carboxylic acids is 1. The molecule has 15 heavy (non-hydrogen) atoms. The monoisotopic (exact) mass is 222 g/mol. The minimum absolute atomic E-state index is 0.383. The molecule has 1 aromatic rings. The number of hydrogen-bond donors (Lipinski definition) is 0. The minimum atomic E-state index is -5.53. The second kappa shape index (κ2) is 3.88. The average Bonchev–Trinajstić information content (AvgIpc) is 2.15. The first kappa shape index (κ1) is 11.5. The molecule has 0 aliphatic heterocycles. The number of pyridine rings is 1. The highest BCUT2D eigenvalue weighted by Gasteiger charge is 2.30. The summed E-state index contributed by atoms with van der Waals surface area (Å²) in [6.07, 6.45) is 0.687. The number of halogens is 4. The maximum atomic E-state index is 12.7. The van der Waals surface area contributed by atoms with Gasteiger partial charge in [0.05, 0.1) is 12.7 Å². The van der Waals surface area contributed by atoms with E-state index >= 15 is 0 Å². The van der Waals surface area contributed by atoms with Crippen LogP contribution in [0.15, 0.2) is 12.3 Å². The molecular weight excluding hydrogens is 217 g/mol. The van der Waals surface area contributed by atoms with Crippen LogP contribution in [0, 0.1) is 5.95 Å². The Balaban J connectivity index is 3.23. The van der Waals surface area contributed by atoms with E-state index in [9.17, 15) is 22.1 Å². The van der Waals surface area contributed by atoms with E-state index in [1.54, 1.807) is 0 Å². The summed E-state index contributed by atoms with van der Waals surface area (Å²) in [5.41, 5.74) is -1.97. The normalized spacial score (nSPS) is 11.3. The number of nitrogens with zero attached hydrogens (tertiary/aromatic N) is 1. The van der Waals surface area contributed by atoms with Crippen molar-refractivity contribution in [2.75, 3.05) is 7.11 Å². The van der Waals surface area contributed by atoms with E-state index in [1.807, 2.05) is 0 Å². The number of rotatable bonds is 2. The van der Waals surface area contributed by atoms with Crippen molar-refractivity contribution in [1.82, 2.24) is 4.98 Å². The van der Waals surface area contributed by atoms with Gasteiger partial charge < -0.3 is 17.7 Å². The van der Waals surface area contributed by atoms with E-state index < -0.39 is 29.9 Å².